The van der Waals surface area contributed by atoms with Crippen LogP contribution in [0, 0.1) is 0 Å². The predicted octanol–water partition coefficient (Wildman–Crippen LogP) is 2.66. The molecule has 0 atom stereocenters. The van der Waals surface area contributed by atoms with Gasteiger partial charge in [-0.05, 0) is 18.2 Å². The van der Waals surface area contributed by atoms with Crippen molar-refractivity contribution >= 4 is 17.7 Å². The maximum absolute atomic E-state index is 5.68. The molecule has 0 aliphatic rings. The lowest BCUT2D eigenvalue weighted by Gasteiger charge is -1.96. The van der Waals surface area contributed by atoms with Crippen LogP contribution in [-0.4, -0.2) is 13.6 Å². The Bertz CT molecular complexity index is 264. The van der Waals surface area contributed by atoms with Gasteiger partial charge in [-0.3, -0.25) is 0 Å². The molecule has 70 valence electrons. The lowest BCUT2D eigenvalue weighted by molar-refractivity contribution is 0.922. The number of hydrogen-bond acceptors (Lipinski definition) is 1. The van der Waals surface area contributed by atoms with Crippen molar-refractivity contribution in [2.24, 2.45) is 0 Å². The van der Waals surface area contributed by atoms with Crippen LogP contribution in [0.3, 0.4) is 0 Å². The van der Waals surface area contributed by atoms with Crippen molar-refractivity contribution in [2.75, 3.05) is 13.6 Å². The number of alkyl halides is 1. The van der Waals surface area contributed by atoms with Crippen LogP contribution < -0.4 is 5.32 Å². The second-order valence-corrected chi connectivity index (χ2v) is 3.10. The number of nitrogens with one attached hydrogen (secondary N) is 1. The molecule has 0 aromatic heterocycles. The summed E-state index contributed by atoms with van der Waals surface area (Å²) in [6, 6.07) is 8.24. The van der Waals surface area contributed by atoms with Gasteiger partial charge >= 0.3 is 0 Å². The van der Waals surface area contributed by atoms with E-state index in [0.717, 1.165) is 12.1 Å². The van der Waals surface area contributed by atoms with Crippen molar-refractivity contribution in [3.63, 3.8) is 0 Å². The van der Waals surface area contributed by atoms with Gasteiger partial charge in [-0.1, -0.05) is 36.4 Å². The number of halogens is 1. The summed E-state index contributed by atoms with van der Waals surface area (Å²) in [5.74, 6) is 0.584. The van der Waals surface area contributed by atoms with Crippen LogP contribution in [0.25, 0.3) is 6.08 Å². The zero-order chi connectivity index (χ0) is 9.52. The van der Waals surface area contributed by atoms with Crippen molar-refractivity contribution < 1.29 is 0 Å². The molecular formula is C11H14ClN. The highest BCUT2D eigenvalue weighted by molar-refractivity contribution is 6.17. The summed E-state index contributed by atoms with van der Waals surface area (Å²) < 4.78 is 0. The smallest absolute Gasteiger partial charge is 0.0474 e. The van der Waals surface area contributed by atoms with Gasteiger partial charge < -0.3 is 5.32 Å². The normalized spacial score (nSPS) is 10.9. The van der Waals surface area contributed by atoms with E-state index in [0.29, 0.717) is 5.88 Å². The summed E-state index contributed by atoms with van der Waals surface area (Å²) in [6.45, 7) is 0.900. The zero-order valence-electron chi connectivity index (χ0n) is 7.76. The highest BCUT2D eigenvalue weighted by Gasteiger charge is 1.88. The van der Waals surface area contributed by atoms with Gasteiger partial charge in [0.1, 0.15) is 0 Å². The number of rotatable bonds is 4. The van der Waals surface area contributed by atoms with Crippen LogP contribution in [0.5, 0.6) is 0 Å². The van der Waals surface area contributed by atoms with Crippen LogP contribution in [0.15, 0.2) is 30.3 Å². The predicted molar refractivity (Wildman–Crippen MR) is 59.0 cm³/mol. The quantitative estimate of drug-likeness (QED) is 0.729. The van der Waals surface area contributed by atoms with Crippen LogP contribution >= 0.6 is 11.6 Å². The van der Waals surface area contributed by atoms with E-state index in [-0.39, 0.29) is 0 Å². The van der Waals surface area contributed by atoms with E-state index in [1.807, 2.05) is 19.2 Å². The van der Waals surface area contributed by atoms with Gasteiger partial charge in [0.05, 0.1) is 0 Å². The first-order valence-electron chi connectivity index (χ1n) is 4.33. The third-order valence-corrected chi connectivity index (χ3v) is 2.07. The van der Waals surface area contributed by atoms with Crippen LogP contribution in [0.4, 0.5) is 0 Å². The van der Waals surface area contributed by atoms with Crippen molar-refractivity contribution in [3.8, 4) is 0 Å². The Kier molecular flexibility index (Phi) is 4.58. The van der Waals surface area contributed by atoms with Crippen molar-refractivity contribution in [1.29, 1.82) is 0 Å². The molecule has 13 heavy (non-hydrogen) atoms. The fraction of sp³-hybridized carbons (Fsp3) is 0.273. The lowest BCUT2D eigenvalue weighted by Crippen LogP contribution is -2.03. The Labute approximate surface area is 84.4 Å². The molecule has 1 N–H and O–H groups in total. The van der Waals surface area contributed by atoms with Gasteiger partial charge in [-0.25, -0.2) is 0 Å². The van der Waals surface area contributed by atoms with Crippen LogP contribution in [0.1, 0.15) is 11.1 Å². The molecule has 1 rings (SSSR count). The highest BCUT2D eigenvalue weighted by Crippen LogP contribution is 2.07. The summed E-state index contributed by atoms with van der Waals surface area (Å²) in [5.41, 5.74) is 2.37. The van der Waals surface area contributed by atoms with E-state index in [1.54, 1.807) is 0 Å². The minimum Gasteiger partial charge on any atom is -0.316 e. The first-order chi connectivity index (χ1) is 6.36. The molecule has 0 heterocycles. The van der Waals surface area contributed by atoms with Gasteiger partial charge in [0.15, 0.2) is 0 Å². The molecule has 0 saturated carbocycles. The zero-order valence-corrected chi connectivity index (χ0v) is 8.51. The van der Waals surface area contributed by atoms with E-state index in [9.17, 15) is 0 Å². The molecule has 2 heteroatoms. The summed E-state index contributed by atoms with van der Waals surface area (Å²) in [5, 5.41) is 3.05. The van der Waals surface area contributed by atoms with Gasteiger partial charge in [-0.2, -0.15) is 0 Å². The highest BCUT2D eigenvalue weighted by atomic mass is 35.5. The molecule has 1 nitrogen and oxygen atoms in total. The Morgan fingerprint density at radius 3 is 2.54 bits per heavy atom. The van der Waals surface area contributed by atoms with E-state index in [4.69, 9.17) is 11.6 Å². The third kappa shape index (κ3) is 3.62. The van der Waals surface area contributed by atoms with Crippen LogP contribution in [-0.2, 0) is 5.88 Å². The Balaban J connectivity index is 2.58. The molecular weight excluding hydrogens is 182 g/mol. The number of benzene rings is 1. The molecule has 0 saturated heterocycles. The van der Waals surface area contributed by atoms with E-state index in [2.05, 4.69) is 29.6 Å². The second-order valence-electron chi connectivity index (χ2n) is 2.84. The average molecular weight is 196 g/mol. The molecule has 0 aliphatic carbocycles. The topological polar surface area (TPSA) is 12.0 Å². The van der Waals surface area contributed by atoms with Crippen LogP contribution in [0.2, 0.25) is 0 Å². The minimum absolute atomic E-state index is 0.584. The number of likely N-dealkylation sites (N-methyl/N-ethyl adjacent to an activating group) is 1. The Morgan fingerprint density at radius 1 is 1.31 bits per heavy atom. The van der Waals surface area contributed by atoms with E-state index in [1.165, 1.54) is 5.56 Å². The minimum atomic E-state index is 0.584. The molecule has 0 amide bonds. The third-order valence-electron chi connectivity index (χ3n) is 1.77. The molecule has 1 aromatic carbocycles. The second kappa shape index (κ2) is 5.79. The summed E-state index contributed by atoms with van der Waals surface area (Å²) >= 11 is 5.68. The molecule has 1 aromatic rings. The molecule has 0 bridgehead atoms. The first-order valence-corrected chi connectivity index (χ1v) is 4.86. The molecule has 0 unspecified atom stereocenters. The van der Waals surface area contributed by atoms with Crippen molar-refractivity contribution in [1.82, 2.24) is 5.32 Å². The average Bonchev–Trinajstić information content (AvgIpc) is 2.19. The monoisotopic (exact) mass is 195 g/mol. The Morgan fingerprint density at radius 2 is 2.00 bits per heavy atom. The fourth-order valence-electron chi connectivity index (χ4n) is 1.03. The standard InChI is InChI=1S/C11H14ClN/c1-13-8-2-3-10-4-6-11(9-12)7-5-10/h2-7,13H,8-9H2,1H3. The van der Waals surface area contributed by atoms with Gasteiger partial charge in [-0.15, -0.1) is 11.6 Å². The SMILES string of the molecule is CNCC=Cc1ccc(CCl)cc1. The van der Waals surface area contributed by atoms with Crippen molar-refractivity contribution in [2.45, 2.75) is 5.88 Å². The van der Waals surface area contributed by atoms with Gasteiger partial charge in [0, 0.05) is 12.4 Å². The maximum Gasteiger partial charge on any atom is 0.0474 e. The van der Waals surface area contributed by atoms with E-state index >= 15 is 0 Å². The maximum atomic E-state index is 5.68. The lowest BCUT2D eigenvalue weighted by atomic mass is 10.1. The fourth-order valence-corrected chi connectivity index (χ4v) is 1.21. The largest absolute Gasteiger partial charge is 0.316 e. The number of hydrogen-bond donors (Lipinski definition) is 1. The molecule has 0 spiro atoms. The molecule has 0 fully saturated rings. The summed E-state index contributed by atoms with van der Waals surface area (Å²) in [7, 11) is 1.93. The van der Waals surface area contributed by atoms with Crippen molar-refractivity contribution in [3.05, 3.63) is 41.5 Å². The summed E-state index contributed by atoms with van der Waals surface area (Å²) in [4.78, 5) is 0. The molecule has 0 aliphatic heterocycles. The first kappa shape index (κ1) is 10.3. The van der Waals surface area contributed by atoms with Gasteiger partial charge in [0.25, 0.3) is 0 Å². The Hall–Kier alpha value is -0.790. The summed E-state index contributed by atoms with van der Waals surface area (Å²) in [6.07, 6.45) is 4.18. The van der Waals surface area contributed by atoms with Gasteiger partial charge in [0.2, 0.25) is 0 Å². The molecule has 0 radical (unpaired) electrons. The van der Waals surface area contributed by atoms with E-state index < -0.39 is 0 Å².